The number of ether oxygens (including phenoxy) is 1. The summed E-state index contributed by atoms with van der Waals surface area (Å²) in [7, 11) is 1.68. The number of methoxy groups -OCH3 is 1. The van der Waals surface area contributed by atoms with Crippen molar-refractivity contribution in [1.29, 1.82) is 0 Å². The first-order valence-corrected chi connectivity index (χ1v) is 8.42. The first-order valence-electron chi connectivity index (χ1n) is 7.64. The van der Waals surface area contributed by atoms with Crippen LogP contribution >= 0.6 is 11.5 Å². The number of benzene rings is 1. The smallest absolute Gasteiger partial charge is 0.147 e. The summed E-state index contributed by atoms with van der Waals surface area (Å²) in [4.78, 5) is 4.58. The van der Waals surface area contributed by atoms with E-state index in [9.17, 15) is 0 Å². The van der Waals surface area contributed by atoms with Gasteiger partial charge in [0, 0.05) is 12.0 Å². The minimum atomic E-state index is -0.0262. The normalized spacial score (nSPS) is 12.3. The molecular formula is C16H24N4OS. The van der Waals surface area contributed by atoms with Crippen LogP contribution < -0.4 is 16.2 Å². The van der Waals surface area contributed by atoms with Crippen molar-refractivity contribution < 1.29 is 4.74 Å². The molecule has 1 aromatic heterocycles. The maximum atomic E-state index is 6.19. The van der Waals surface area contributed by atoms with Gasteiger partial charge >= 0.3 is 0 Å². The largest absolute Gasteiger partial charge is 0.496 e. The summed E-state index contributed by atoms with van der Waals surface area (Å²) in [6.07, 6.45) is 4.86. The Hall–Kier alpha value is -1.50. The molecule has 4 N–H and O–H groups in total. The average Bonchev–Trinajstić information content (AvgIpc) is 3.00. The maximum absolute atomic E-state index is 6.19. The molecule has 1 unspecified atom stereocenters. The summed E-state index contributed by atoms with van der Waals surface area (Å²) in [6.45, 7) is 0.747. The van der Waals surface area contributed by atoms with Crippen molar-refractivity contribution >= 4 is 11.5 Å². The Morgan fingerprint density at radius 2 is 2.05 bits per heavy atom. The lowest BCUT2D eigenvalue weighted by Gasteiger charge is -2.07. The highest BCUT2D eigenvalue weighted by Crippen LogP contribution is 2.23. The molecule has 0 bridgehead atoms. The maximum Gasteiger partial charge on any atom is 0.147 e. The topological polar surface area (TPSA) is 87.0 Å². The van der Waals surface area contributed by atoms with Crippen molar-refractivity contribution in [3.05, 3.63) is 40.7 Å². The van der Waals surface area contributed by atoms with Crippen molar-refractivity contribution in [3.8, 4) is 5.75 Å². The van der Waals surface area contributed by atoms with Gasteiger partial charge in [0.05, 0.1) is 13.2 Å². The number of rotatable bonds is 9. The Bertz CT molecular complexity index is 573. The number of unbranched alkanes of at least 4 members (excludes halogenated alkanes) is 2. The first kappa shape index (κ1) is 16.9. The summed E-state index contributed by atoms with van der Waals surface area (Å²) in [5.41, 5.74) is 12.8. The van der Waals surface area contributed by atoms with E-state index in [1.54, 1.807) is 7.11 Å². The highest BCUT2D eigenvalue weighted by molar-refractivity contribution is 7.05. The Morgan fingerprint density at radius 3 is 2.82 bits per heavy atom. The lowest BCUT2D eigenvalue weighted by Crippen LogP contribution is -2.10. The number of nitrogens with zero attached hydrogens (tertiary/aromatic N) is 2. The molecule has 0 aliphatic carbocycles. The zero-order valence-corrected chi connectivity index (χ0v) is 13.8. The molecule has 0 aliphatic heterocycles. The van der Waals surface area contributed by atoms with Gasteiger partial charge in [0.1, 0.15) is 16.6 Å². The molecule has 2 rings (SSSR count). The minimum Gasteiger partial charge on any atom is -0.496 e. The zero-order valence-electron chi connectivity index (χ0n) is 13.0. The summed E-state index contributed by atoms with van der Waals surface area (Å²) in [5, 5.41) is 0.914. The third-order valence-electron chi connectivity index (χ3n) is 3.56. The molecule has 0 fully saturated rings. The van der Waals surface area contributed by atoms with Gasteiger partial charge in [0.15, 0.2) is 0 Å². The van der Waals surface area contributed by atoms with E-state index >= 15 is 0 Å². The number of hydrogen-bond donors (Lipinski definition) is 2. The summed E-state index contributed by atoms with van der Waals surface area (Å²) >= 11 is 1.40. The number of hydrogen-bond acceptors (Lipinski definition) is 6. The van der Waals surface area contributed by atoms with Gasteiger partial charge < -0.3 is 16.2 Å². The predicted octanol–water partition coefficient (Wildman–Crippen LogP) is 2.66. The third-order valence-corrected chi connectivity index (χ3v) is 4.44. The van der Waals surface area contributed by atoms with E-state index in [2.05, 4.69) is 9.36 Å². The third kappa shape index (κ3) is 4.76. The van der Waals surface area contributed by atoms with Crippen LogP contribution in [0.3, 0.4) is 0 Å². The van der Waals surface area contributed by atoms with Crippen molar-refractivity contribution in [2.45, 2.75) is 38.1 Å². The SMILES string of the molecule is COc1ccccc1Cc1nsc(C(N)CCCCCN)n1. The summed E-state index contributed by atoms with van der Waals surface area (Å²) in [5.74, 6) is 1.67. The molecule has 0 amide bonds. The summed E-state index contributed by atoms with van der Waals surface area (Å²) in [6, 6.07) is 7.91. The molecule has 1 heterocycles. The second-order valence-electron chi connectivity index (χ2n) is 5.28. The van der Waals surface area contributed by atoms with Crippen LogP contribution in [0, 0.1) is 0 Å². The van der Waals surface area contributed by atoms with Crippen LogP contribution in [-0.4, -0.2) is 23.0 Å². The molecule has 0 aliphatic rings. The van der Waals surface area contributed by atoms with Crippen LogP contribution in [0.5, 0.6) is 5.75 Å². The van der Waals surface area contributed by atoms with E-state index in [0.717, 1.165) is 54.4 Å². The van der Waals surface area contributed by atoms with Crippen molar-refractivity contribution in [1.82, 2.24) is 9.36 Å². The minimum absolute atomic E-state index is 0.0262. The second-order valence-corrected chi connectivity index (χ2v) is 6.07. The van der Waals surface area contributed by atoms with E-state index in [1.807, 2.05) is 24.3 Å². The highest BCUT2D eigenvalue weighted by atomic mass is 32.1. The molecule has 1 aromatic carbocycles. The number of nitrogens with two attached hydrogens (primary N) is 2. The molecule has 6 heteroatoms. The van der Waals surface area contributed by atoms with Gasteiger partial charge in [0.2, 0.25) is 0 Å². The van der Waals surface area contributed by atoms with Gasteiger partial charge in [-0.1, -0.05) is 31.0 Å². The van der Waals surface area contributed by atoms with E-state index in [4.69, 9.17) is 16.2 Å². The van der Waals surface area contributed by atoms with E-state index in [1.165, 1.54) is 11.5 Å². The Morgan fingerprint density at radius 1 is 1.23 bits per heavy atom. The molecule has 0 spiro atoms. The lowest BCUT2D eigenvalue weighted by atomic mass is 10.1. The molecule has 5 nitrogen and oxygen atoms in total. The molecule has 0 saturated heterocycles. The number of aromatic nitrogens is 2. The molecule has 0 saturated carbocycles. The van der Waals surface area contributed by atoms with Crippen LogP contribution in [0.2, 0.25) is 0 Å². The van der Waals surface area contributed by atoms with Gasteiger partial charge in [-0.05, 0) is 37.0 Å². The van der Waals surface area contributed by atoms with Crippen molar-refractivity contribution in [2.24, 2.45) is 11.5 Å². The Labute approximate surface area is 135 Å². The van der Waals surface area contributed by atoms with Gasteiger partial charge in [-0.15, -0.1) is 0 Å². The van der Waals surface area contributed by atoms with Crippen LogP contribution in [-0.2, 0) is 6.42 Å². The Balaban J connectivity index is 1.93. The Kier molecular flexibility index (Phi) is 6.76. The van der Waals surface area contributed by atoms with E-state index in [-0.39, 0.29) is 6.04 Å². The average molecular weight is 320 g/mol. The molecule has 2 aromatic rings. The van der Waals surface area contributed by atoms with Crippen LogP contribution in [0.15, 0.2) is 24.3 Å². The highest BCUT2D eigenvalue weighted by Gasteiger charge is 2.13. The van der Waals surface area contributed by atoms with E-state index < -0.39 is 0 Å². The zero-order chi connectivity index (χ0) is 15.8. The predicted molar refractivity (Wildman–Crippen MR) is 90.2 cm³/mol. The second kappa shape index (κ2) is 8.82. The van der Waals surface area contributed by atoms with Gasteiger partial charge in [-0.2, -0.15) is 4.37 Å². The quantitative estimate of drug-likeness (QED) is 0.694. The lowest BCUT2D eigenvalue weighted by molar-refractivity contribution is 0.410. The molecule has 0 radical (unpaired) electrons. The monoisotopic (exact) mass is 320 g/mol. The molecule has 22 heavy (non-hydrogen) atoms. The molecular weight excluding hydrogens is 296 g/mol. The van der Waals surface area contributed by atoms with Gasteiger partial charge in [0.25, 0.3) is 0 Å². The summed E-state index contributed by atoms with van der Waals surface area (Å²) < 4.78 is 9.79. The fourth-order valence-corrected chi connectivity index (χ4v) is 3.02. The molecule has 1 atom stereocenters. The van der Waals surface area contributed by atoms with Crippen molar-refractivity contribution in [2.75, 3.05) is 13.7 Å². The van der Waals surface area contributed by atoms with E-state index in [0.29, 0.717) is 6.42 Å². The standard InChI is InChI=1S/C16H24N4OS/c1-21-14-9-5-4-7-12(14)11-15-19-16(22-20-15)13(18)8-3-2-6-10-17/h4-5,7,9,13H,2-3,6,8,10-11,17-18H2,1H3. The fraction of sp³-hybridized carbons (Fsp3) is 0.500. The fourth-order valence-electron chi connectivity index (χ4n) is 2.32. The van der Waals surface area contributed by atoms with Crippen LogP contribution in [0.4, 0.5) is 0 Å². The number of para-hydroxylation sites is 1. The first-order chi connectivity index (χ1) is 10.7. The van der Waals surface area contributed by atoms with Crippen molar-refractivity contribution in [3.63, 3.8) is 0 Å². The van der Waals surface area contributed by atoms with Gasteiger partial charge in [-0.25, -0.2) is 4.98 Å². The van der Waals surface area contributed by atoms with Crippen LogP contribution in [0.25, 0.3) is 0 Å². The van der Waals surface area contributed by atoms with Crippen LogP contribution in [0.1, 0.15) is 48.1 Å². The molecule has 120 valence electrons. The van der Waals surface area contributed by atoms with Gasteiger partial charge in [-0.3, -0.25) is 0 Å².